The van der Waals surface area contributed by atoms with Crippen LogP contribution >= 0.6 is 0 Å². The molecule has 0 amide bonds. The van der Waals surface area contributed by atoms with Gasteiger partial charge in [-0.05, 0) is 12.8 Å². The third-order valence-corrected chi connectivity index (χ3v) is 2.03. The molecule has 0 bridgehead atoms. The molecule has 12 heavy (non-hydrogen) atoms. The molecule has 0 N–H and O–H groups in total. The summed E-state index contributed by atoms with van der Waals surface area (Å²) in [6.45, 7) is 0.336. The van der Waals surface area contributed by atoms with Crippen LogP contribution in [0, 0.1) is 0 Å². The van der Waals surface area contributed by atoms with Crippen molar-refractivity contribution in [1.29, 1.82) is 0 Å². The molecule has 1 aliphatic heterocycles. The van der Waals surface area contributed by atoms with E-state index in [1.165, 1.54) is 0 Å². The average molecular weight is 168 g/mol. The van der Waals surface area contributed by atoms with Crippen LogP contribution in [0.3, 0.4) is 0 Å². The molecular formula is C8H8O4. The second-order valence-corrected chi connectivity index (χ2v) is 2.73. The van der Waals surface area contributed by atoms with Crippen LogP contribution in [0.15, 0.2) is 11.1 Å². The molecule has 0 aromatic heterocycles. The zero-order valence-electron chi connectivity index (χ0n) is 6.46. The number of cyclic esters (lactones) is 2. The Balaban J connectivity index is 2.29. The van der Waals surface area contributed by atoms with Gasteiger partial charge in [-0.1, -0.05) is 0 Å². The third-order valence-electron chi connectivity index (χ3n) is 2.03. The van der Waals surface area contributed by atoms with Crippen LogP contribution in [0.2, 0.25) is 0 Å². The molecule has 1 heterocycles. The fraction of sp³-hybridized carbons (Fsp3) is 0.500. The zero-order valence-corrected chi connectivity index (χ0v) is 6.46. The summed E-state index contributed by atoms with van der Waals surface area (Å²) in [5.41, 5.74) is 0.999. The minimum Gasteiger partial charge on any atom is -0.459 e. The van der Waals surface area contributed by atoms with Crippen LogP contribution in [0.25, 0.3) is 0 Å². The Kier molecular flexibility index (Phi) is 1.60. The standard InChI is InChI=1S/C8H8O4/c9-7-5-1-2-6(5)8(10)12-4-3-11-7/h1-4H2. The van der Waals surface area contributed by atoms with Crippen LogP contribution in [0.4, 0.5) is 0 Å². The van der Waals surface area contributed by atoms with Gasteiger partial charge in [-0.15, -0.1) is 0 Å². The van der Waals surface area contributed by atoms with Gasteiger partial charge < -0.3 is 9.47 Å². The molecule has 4 heteroatoms. The van der Waals surface area contributed by atoms with E-state index in [4.69, 9.17) is 9.47 Å². The molecule has 0 atom stereocenters. The lowest BCUT2D eigenvalue weighted by molar-refractivity contribution is -0.151. The monoisotopic (exact) mass is 168 g/mol. The Morgan fingerprint density at radius 3 is 1.58 bits per heavy atom. The zero-order chi connectivity index (χ0) is 8.55. The van der Waals surface area contributed by atoms with Crippen LogP contribution in [-0.2, 0) is 19.1 Å². The maximum atomic E-state index is 11.1. The fourth-order valence-corrected chi connectivity index (χ4v) is 1.27. The Hall–Kier alpha value is -1.32. The first kappa shape index (κ1) is 7.34. The summed E-state index contributed by atoms with van der Waals surface area (Å²) >= 11 is 0. The Labute approximate surface area is 69.1 Å². The topological polar surface area (TPSA) is 52.6 Å². The smallest absolute Gasteiger partial charge is 0.334 e. The number of carbonyl (C=O) groups excluding carboxylic acids is 2. The fourth-order valence-electron chi connectivity index (χ4n) is 1.27. The van der Waals surface area contributed by atoms with Gasteiger partial charge in [-0.25, -0.2) is 9.59 Å². The number of esters is 2. The van der Waals surface area contributed by atoms with Gasteiger partial charge >= 0.3 is 11.9 Å². The highest BCUT2D eigenvalue weighted by molar-refractivity contribution is 6.03. The molecule has 0 aromatic carbocycles. The molecule has 0 saturated carbocycles. The maximum Gasteiger partial charge on any atom is 0.334 e. The summed E-state index contributed by atoms with van der Waals surface area (Å²) in [5, 5.41) is 0. The molecule has 0 unspecified atom stereocenters. The second-order valence-electron chi connectivity index (χ2n) is 2.73. The summed E-state index contributed by atoms with van der Waals surface area (Å²) < 4.78 is 9.58. The summed E-state index contributed by atoms with van der Waals surface area (Å²) in [5.74, 6) is -0.708. The number of hydrogen-bond acceptors (Lipinski definition) is 4. The van der Waals surface area contributed by atoms with Gasteiger partial charge in [0.1, 0.15) is 13.2 Å². The van der Waals surface area contributed by atoms with E-state index in [9.17, 15) is 9.59 Å². The van der Waals surface area contributed by atoms with Crippen molar-refractivity contribution in [3.05, 3.63) is 11.1 Å². The highest BCUT2D eigenvalue weighted by Crippen LogP contribution is 2.30. The molecule has 64 valence electrons. The van der Waals surface area contributed by atoms with Gasteiger partial charge in [0.05, 0.1) is 0 Å². The van der Waals surface area contributed by atoms with Crippen molar-refractivity contribution < 1.29 is 19.1 Å². The van der Waals surface area contributed by atoms with E-state index in [2.05, 4.69) is 0 Å². The Morgan fingerprint density at radius 1 is 0.833 bits per heavy atom. The summed E-state index contributed by atoms with van der Waals surface area (Å²) in [6.07, 6.45) is 1.28. The van der Waals surface area contributed by atoms with E-state index in [0.717, 1.165) is 0 Å². The summed E-state index contributed by atoms with van der Waals surface area (Å²) in [7, 11) is 0. The van der Waals surface area contributed by atoms with E-state index in [0.29, 0.717) is 24.0 Å². The molecule has 2 rings (SSSR count). The van der Waals surface area contributed by atoms with Gasteiger partial charge in [0.25, 0.3) is 0 Å². The van der Waals surface area contributed by atoms with Crippen LogP contribution in [0.5, 0.6) is 0 Å². The Morgan fingerprint density at radius 2 is 1.25 bits per heavy atom. The predicted octanol–water partition coefficient (Wildman–Crippen LogP) is 0.177. The first-order valence-corrected chi connectivity index (χ1v) is 3.85. The summed E-state index contributed by atoms with van der Waals surface area (Å²) in [4.78, 5) is 22.2. The van der Waals surface area contributed by atoms with E-state index in [1.54, 1.807) is 0 Å². The first-order chi connectivity index (χ1) is 5.79. The van der Waals surface area contributed by atoms with Crippen LogP contribution < -0.4 is 0 Å². The van der Waals surface area contributed by atoms with E-state index >= 15 is 0 Å². The number of ether oxygens (including phenoxy) is 2. The molecule has 0 saturated heterocycles. The van der Waals surface area contributed by atoms with Gasteiger partial charge in [0.2, 0.25) is 0 Å². The van der Waals surface area contributed by atoms with Crippen molar-refractivity contribution in [2.24, 2.45) is 0 Å². The van der Waals surface area contributed by atoms with E-state index in [-0.39, 0.29) is 25.2 Å². The molecule has 2 aliphatic rings. The van der Waals surface area contributed by atoms with Gasteiger partial charge in [0, 0.05) is 11.1 Å². The van der Waals surface area contributed by atoms with Crippen molar-refractivity contribution in [3.63, 3.8) is 0 Å². The SMILES string of the molecule is O=C1OCCOC(=O)C2=C1CC2. The van der Waals surface area contributed by atoms with Gasteiger partial charge in [-0.3, -0.25) is 0 Å². The lowest BCUT2D eigenvalue weighted by atomic mass is 9.88. The minimum absolute atomic E-state index is 0.168. The van der Waals surface area contributed by atoms with Crippen molar-refractivity contribution in [3.8, 4) is 0 Å². The normalized spacial score (nSPS) is 23.0. The number of rotatable bonds is 0. The molecular weight excluding hydrogens is 160 g/mol. The minimum atomic E-state index is -0.354. The molecule has 0 aromatic rings. The highest BCUT2D eigenvalue weighted by atomic mass is 16.6. The lowest BCUT2D eigenvalue weighted by Gasteiger charge is -2.23. The third kappa shape index (κ3) is 0.995. The predicted molar refractivity (Wildman–Crippen MR) is 38.2 cm³/mol. The lowest BCUT2D eigenvalue weighted by Crippen LogP contribution is -2.28. The largest absolute Gasteiger partial charge is 0.459 e. The summed E-state index contributed by atoms with van der Waals surface area (Å²) in [6, 6.07) is 0. The molecule has 0 spiro atoms. The Bertz CT molecular complexity index is 249. The second kappa shape index (κ2) is 2.62. The first-order valence-electron chi connectivity index (χ1n) is 3.85. The quantitative estimate of drug-likeness (QED) is 0.484. The van der Waals surface area contributed by atoms with Crippen molar-refractivity contribution in [2.75, 3.05) is 13.2 Å². The van der Waals surface area contributed by atoms with Crippen molar-refractivity contribution >= 4 is 11.9 Å². The van der Waals surface area contributed by atoms with E-state index < -0.39 is 0 Å². The molecule has 1 aliphatic carbocycles. The van der Waals surface area contributed by atoms with E-state index in [1.807, 2.05) is 0 Å². The highest BCUT2D eigenvalue weighted by Gasteiger charge is 2.31. The maximum absolute atomic E-state index is 11.1. The number of hydrogen-bond donors (Lipinski definition) is 0. The van der Waals surface area contributed by atoms with Crippen molar-refractivity contribution in [2.45, 2.75) is 12.8 Å². The van der Waals surface area contributed by atoms with Gasteiger partial charge in [0.15, 0.2) is 0 Å². The van der Waals surface area contributed by atoms with Crippen LogP contribution in [0.1, 0.15) is 12.8 Å². The average Bonchev–Trinajstić information content (AvgIpc) is 1.94. The van der Waals surface area contributed by atoms with Crippen molar-refractivity contribution in [1.82, 2.24) is 0 Å². The van der Waals surface area contributed by atoms with Crippen LogP contribution in [-0.4, -0.2) is 25.2 Å². The number of carbonyl (C=O) groups is 2. The van der Waals surface area contributed by atoms with Gasteiger partial charge in [-0.2, -0.15) is 0 Å². The molecule has 0 fully saturated rings. The molecule has 4 nitrogen and oxygen atoms in total. The molecule has 0 radical (unpaired) electrons.